The summed E-state index contributed by atoms with van der Waals surface area (Å²) < 4.78 is 20.1. The molecule has 9 heteroatoms. The van der Waals surface area contributed by atoms with Crippen molar-refractivity contribution in [1.29, 1.82) is 5.26 Å². The van der Waals surface area contributed by atoms with Crippen molar-refractivity contribution in [3.8, 4) is 11.8 Å². The number of nitrogens with one attached hydrogen (secondary N) is 1. The van der Waals surface area contributed by atoms with E-state index in [9.17, 15) is 19.8 Å². The van der Waals surface area contributed by atoms with Crippen molar-refractivity contribution in [2.45, 2.75) is 6.61 Å². The summed E-state index contributed by atoms with van der Waals surface area (Å²) in [4.78, 5) is 17.6. The molecule has 32 heavy (non-hydrogen) atoms. The van der Waals surface area contributed by atoms with Crippen molar-refractivity contribution in [3.63, 3.8) is 0 Å². The van der Waals surface area contributed by atoms with Gasteiger partial charge in [-0.1, -0.05) is 6.07 Å². The minimum Gasteiger partial charge on any atom is -0.488 e. The molecule has 1 N–H and O–H groups in total. The number of rotatable bonds is 6. The molecule has 4 aromatic rings. The molecule has 0 aliphatic rings. The second-order valence-corrected chi connectivity index (χ2v) is 7.98. The van der Waals surface area contributed by atoms with Crippen LogP contribution in [0.2, 0.25) is 0 Å². The predicted octanol–water partition coefficient (Wildman–Crippen LogP) is 5.86. The van der Waals surface area contributed by atoms with E-state index in [4.69, 9.17) is 4.74 Å². The van der Waals surface area contributed by atoms with Crippen LogP contribution in [0.25, 0.3) is 22.7 Å². The van der Waals surface area contributed by atoms with Gasteiger partial charge in [-0.05, 0) is 82.3 Å². The van der Waals surface area contributed by atoms with E-state index in [1.165, 1.54) is 24.3 Å². The van der Waals surface area contributed by atoms with Gasteiger partial charge in [0.1, 0.15) is 30.1 Å². The summed E-state index contributed by atoms with van der Waals surface area (Å²) in [7, 11) is 0. The average molecular weight is 540 g/mol. The number of nitro groups is 1. The van der Waals surface area contributed by atoms with Crippen molar-refractivity contribution in [1.82, 2.24) is 9.97 Å². The zero-order valence-corrected chi connectivity index (χ0v) is 18.5. The Labute approximate surface area is 195 Å². The molecule has 4 rings (SSSR count). The number of nitriles is 1. The number of benzene rings is 3. The number of imidazole rings is 1. The SMILES string of the molecule is N#C/C(=C/c1ccc(OCc2ccc([N+](=O)[O-])cc2)c(I)c1)c1nc2ccc(F)cc2[nH]1. The molecule has 1 aromatic heterocycles. The van der Waals surface area contributed by atoms with Gasteiger partial charge in [-0.2, -0.15) is 5.26 Å². The Kier molecular flexibility index (Phi) is 6.13. The van der Waals surface area contributed by atoms with Crippen LogP contribution in [0.4, 0.5) is 10.1 Å². The molecule has 1 heterocycles. The Morgan fingerprint density at radius 3 is 2.69 bits per heavy atom. The van der Waals surface area contributed by atoms with Crippen LogP contribution in [0.3, 0.4) is 0 Å². The highest BCUT2D eigenvalue weighted by atomic mass is 127. The zero-order chi connectivity index (χ0) is 22.7. The number of H-pyrrole nitrogens is 1. The molecular weight excluding hydrogens is 526 g/mol. The Morgan fingerprint density at radius 1 is 1.22 bits per heavy atom. The lowest BCUT2D eigenvalue weighted by molar-refractivity contribution is -0.384. The number of hydrogen-bond acceptors (Lipinski definition) is 5. The van der Waals surface area contributed by atoms with E-state index in [0.29, 0.717) is 28.2 Å². The molecule has 0 radical (unpaired) electrons. The number of hydrogen-bond donors (Lipinski definition) is 1. The average Bonchev–Trinajstić information content (AvgIpc) is 3.20. The van der Waals surface area contributed by atoms with Gasteiger partial charge < -0.3 is 9.72 Å². The van der Waals surface area contributed by atoms with E-state index >= 15 is 0 Å². The van der Waals surface area contributed by atoms with E-state index < -0.39 is 4.92 Å². The van der Waals surface area contributed by atoms with Crippen LogP contribution >= 0.6 is 22.6 Å². The number of allylic oxidation sites excluding steroid dienone is 1. The largest absolute Gasteiger partial charge is 0.488 e. The second-order valence-electron chi connectivity index (χ2n) is 6.82. The molecule has 0 spiro atoms. The lowest BCUT2D eigenvalue weighted by Gasteiger charge is -2.09. The van der Waals surface area contributed by atoms with Crippen LogP contribution in [0, 0.1) is 30.8 Å². The van der Waals surface area contributed by atoms with Crippen molar-refractivity contribution in [2.75, 3.05) is 0 Å². The summed E-state index contributed by atoms with van der Waals surface area (Å²) in [6.07, 6.45) is 1.69. The number of aromatic amines is 1. The van der Waals surface area contributed by atoms with Crippen LogP contribution in [-0.4, -0.2) is 14.9 Å². The fraction of sp³-hybridized carbons (Fsp3) is 0.0435. The maximum absolute atomic E-state index is 13.4. The van der Waals surface area contributed by atoms with E-state index in [1.807, 2.05) is 12.1 Å². The predicted molar refractivity (Wildman–Crippen MR) is 126 cm³/mol. The molecule has 0 aliphatic heterocycles. The van der Waals surface area contributed by atoms with Gasteiger partial charge in [0.25, 0.3) is 5.69 Å². The highest BCUT2D eigenvalue weighted by Crippen LogP contribution is 2.26. The molecule has 0 saturated carbocycles. The van der Waals surface area contributed by atoms with Crippen LogP contribution in [0.15, 0.2) is 60.7 Å². The third-order valence-corrected chi connectivity index (χ3v) is 5.47. The Balaban J connectivity index is 1.51. The number of fused-ring (bicyclic) bond motifs is 1. The molecule has 0 aliphatic carbocycles. The Bertz CT molecular complexity index is 1390. The third-order valence-electron chi connectivity index (χ3n) is 4.63. The Morgan fingerprint density at radius 2 is 2.00 bits per heavy atom. The van der Waals surface area contributed by atoms with Crippen molar-refractivity contribution in [3.05, 3.63) is 97.1 Å². The minimum absolute atomic E-state index is 0.0300. The number of halogens is 2. The normalized spacial score (nSPS) is 11.3. The molecule has 3 aromatic carbocycles. The summed E-state index contributed by atoms with van der Waals surface area (Å²) in [5.74, 6) is 0.634. The standard InChI is InChI=1S/C23H14FIN4O3/c24-17-4-7-20-21(11-17)28-23(27-20)16(12-26)9-15-3-8-22(19(25)10-15)32-13-14-1-5-18(6-2-14)29(30)31/h1-11H,13H2,(H,27,28)/b16-9-. The fourth-order valence-corrected chi connectivity index (χ4v) is 3.72. The van der Waals surface area contributed by atoms with Crippen LogP contribution in [0.5, 0.6) is 5.75 Å². The van der Waals surface area contributed by atoms with Crippen molar-refractivity contribution < 1.29 is 14.1 Å². The molecule has 0 bridgehead atoms. The van der Waals surface area contributed by atoms with E-state index in [0.717, 1.165) is 14.7 Å². The first-order valence-electron chi connectivity index (χ1n) is 9.36. The van der Waals surface area contributed by atoms with Gasteiger partial charge >= 0.3 is 0 Å². The van der Waals surface area contributed by atoms with E-state index in [2.05, 4.69) is 38.6 Å². The number of ether oxygens (including phenoxy) is 1. The van der Waals surface area contributed by atoms with Gasteiger partial charge in [0.05, 0.1) is 25.1 Å². The summed E-state index contributed by atoms with van der Waals surface area (Å²) >= 11 is 2.14. The maximum Gasteiger partial charge on any atom is 0.269 e. The first kappa shape index (κ1) is 21.5. The second kappa shape index (κ2) is 9.15. The van der Waals surface area contributed by atoms with Crippen LogP contribution < -0.4 is 4.74 Å². The molecule has 0 unspecified atom stereocenters. The first-order chi connectivity index (χ1) is 15.4. The van der Waals surface area contributed by atoms with Gasteiger partial charge in [0.15, 0.2) is 0 Å². The fourth-order valence-electron chi connectivity index (χ4n) is 3.03. The van der Waals surface area contributed by atoms with Crippen LogP contribution in [0.1, 0.15) is 17.0 Å². The molecule has 0 atom stereocenters. The topological polar surface area (TPSA) is 105 Å². The number of aromatic nitrogens is 2. The highest BCUT2D eigenvalue weighted by molar-refractivity contribution is 14.1. The maximum atomic E-state index is 13.4. The van der Waals surface area contributed by atoms with E-state index in [-0.39, 0.29) is 18.1 Å². The lowest BCUT2D eigenvalue weighted by Crippen LogP contribution is -1.98. The number of nitrogens with zero attached hydrogens (tertiary/aromatic N) is 3. The van der Waals surface area contributed by atoms with Crippen molar-refractivity contribution in [2.24, 2.45) is 0 Å². The third kappa shape index (κ3) is 4.76. The first-order valence-corrected chi connectivity index (χ1v) is 10.4. The van der Waals surface area contributed by atoms with Gasteiger partial charge in [0.2, 0.25) is 0 Å². The molecule has 0 fully saturated rings. The molecular formula is C23H14FIN4O3. The van der Waals surface area contributed by atoms with Gasteiger partial charge in [-0.3, -0.25) is 10.1 Å². The van der Waals surface area contributed by atoms with Crippen molar-refractivity contribution >= 4 is 51.0 Å². The monoisotopic (exact) mass is 540 g/mol. The summed E-state index contributed by atoms with van der Waals surface area (Å²) in [6.45, 7) is 0.266. The number of nitro benzene ring substituents is 1. The summed E-state index contributed by atoms with van der Waals surface area (Å²) in [6, 6.07) is 18.0. The Hall–Kier alpha value is -3.78. The van der Waals surface area contributed by atoms with Gasteiger partial charge in [0, 0.05) is 12.1 Å². The molecule has 0 amide bonds. The number of non-ortho nitro benzene ring substituents is 1. The smallest absolute Gasteiger partial charge is 0.269 e. The lowest BCUT2D eigenvalue weighted by atomic mass is 10.1. The molecule has 0 saturated heterocycles. The quantitative estimate of drug-likeness (QED) is 0.143. The minimum atomic E-state index is -0.445. The zero-order valence-electron chi connectivity index (χ0n) is 16.4. The highest BCUT2D eigenvalue weighted by Gasteiger charge is 2.10. The van der Waals surface area contributed by atoms with Gasteiger partial charge in [-0.15, -0.1) is 0 Å². The van der Waals surface area contributed by atoms with Gasteiger partial charge in [-0.25, -0.2) is 9.37 Å². The molecule has 158 valence electrons. The molecule has 7 nitrogen and oxygen atoms in total. The summed E-state index contributed by atoms with van der Waals surface area (Å²) in [5.41, 5.74) is 3.03. The van der Waals surface area contributed by atoms with Crippen LogP contribution in [-0.2, 0) is 6.61 Å². The van der Waals surface area contributed by atoms with E-state index in [1.54, 1.807) is 30.3 Å². The summed E-state index contributed by atoms with van der Waals surface area (Å²) in [5, 5.41) is 20.3.